The van der Waals surface area contributed by atoms with E-state index in [1.807, 2.05) is 0 Å². The zero-order valence-electron chi connectivity index (χ0n) is 9.00. The molecule has 1 rings (SSSR count). The second-order valence-corrected chi connectivity index (χ2v) is 4.07. The fraction of sp³-hybridized carbons (Fsp3) is 0.364. The average molecular weight is 291 g/mol. The summed E-state index contributed by atoms with van der Waals surface area (Å²) in [6.45, 7) is 0. The lowest BCUT2D eigenvalue weighted by Crippen LogP contribution is -2.18. The average Bonchev–Trinajstić information content (AvgIpc) is 2.25. The van der Waals surface area contributed by atoms with Gasteiger partial charge in [0.05, 0.1) is 12.0 Å². The zero-order chi connectivity index (χ0) is 12.1. The molecule has 0 N–H and O–H groups in total. The van der Waals surface area contributed by atoms with E-state index in [2.05, 4.69) is 15.9 Å². The van der Waals surface area contributed by atoms with Crippen LogP contribution in [0.3, 0.4) is 0 Å². The number of carbonyl (C=O) groups excluding carboxylic acids is 1. The van der Waals surface area contributed by atoms with Crippen molar-refractivity contribution in [1.29, 1.82) is 0 Å². The first-order valence-corrected chi connectivity index (χ1v) is 5.41. The molecule has 3 nitrogen and oxygen atoms in total. The van der Waals surface area contributed by atoms with Crippen LogP contribution in [0.15, 0.2) is 22.7 Å². The van der Waals surface area contributed by atoms with Gasteiger partial charge in [0.1, 0.15) is 5.82 Å². The van der Waals surface area contributed by atoms with Gasteiger partial charge in [0.25, 0.3) is 0 Å². The molecule has 0 fully saturated rings. The van der Waals surface area contributed by atoms with Crippen LogP contribution in [0.4, 0.5) is 4.39 Å². The fourth-order valence-electron chi connectivity index (χ4n) is 1.24. The normalized spacial score (nSPS) is 10.8. The number of hydrogen-bond acceptors (Lipinski definition) is 3. The van der Waals surface area contributed by atoms with E-state index in [4.69, 9.17) is 9.47 Å². The molecule has 0 saturated carbocycles. The van der Waals surface area contributed by atoms with E-state index in [-0.39, 0.29) is 17.8 Å². The van der Waals surface area contributed by atoms with Crippen LogP contribution in [0.5, 0.6) is 0 Å². The molecule has 0 bridgehead atoms. The lowest BCUT2D eigenvalue weighted by molar-refractivity contribution is -0.0993. The quantitative estimate of drug-likeness (QED) is 0.618. The van der Waals surface area contributed by atoms with Crippen molar-refractivity contribution in [2.75, 3.05) is 14.2 Å². The van der Waals surface area contributed by atoms with Gasteiger partial charge in [-0.2, -0.15) is 0 Å². The van der Waals surface area contributed by atoms with E-state index in [0.29, 0.717) is 4.47 Å². The van der Waals surface area contributed by atoms with Gasteiger partial charge in [-0.3, -0.25) is 4.79 Å². The topological polar surface area (TPSA) is 35.5 Å². The van der Waals surface area contributed by atoms with Gasteiger partial charge >= 0.3 is 0 Å². The highest BCUT2D eigenvalue weighted by molar-refractivity contribution is 9.10. The summed E-state index contributed by atoms with van der Waals surface area (Å²) in [6, 6.07) is 4.30. The molecule has 0 spiro atoms. The van der Waals surface area contributed by atoms with E-state index >= 15 is 0 Å². The largest absolute Gasteiger partial charge is 0.355 e. The summed E-state index contributed by atoms with van der Waals surface area (Å²) in [5.74, 6) is -0.899. The fourth-order valence-corrected chi connectivity index (χ4v) is 1.57. The second-order valence-electron chi connectivity index (χ2n) is 3.15. The van der Waals surface area contributed by atoms with Crippen LogP contribution in [-0.4, -0.2) is 26.3 Å². The maximum Gasteiger partial charge on any atom is 0.170 e. The van der Waals surface area contributed by atoms with Crippen LogP contribution in [-0.2, 0) is 9.47 Å². The summed E-state index contributed by atoms with van der Waals surface area (Å²) in [6.07, 6.45) is -0.651. The SMILES string of the molecule is COC(CC(=O)c1ccc(Br)cc1F)OC. The number of rotatable bonds is 5. The van der Waals surface area contributed by atoms with Crippen molar-refractivity contribution in [1.82, 2.24) is 0 Å². The Morgan fingerprint density at radius 2 is 2.06 bits per heavy atom. The first kappa shape index (κ1) is 13.3. The molecule has 0 unspecified atom stereocenters. The highest BCUT2D eigenvalue weighted by Gasteiger charge is 2.17. The van der Waals surface area contributed by atoms with Gasteiger partial charge in [-0.25, -0.2) is 4.39 Å². The number of benzene rings is 1. The van der Waals surface area contributed by atoms with Crippen molar-refractivity contribution in [3.05, 3.63) is 34.1 Å². The Kier molecular flexibility index (Phi) is 5.05. The van der Waals surface area contributed by atoms with Crippen molar-refractivity contribution in [3.63, 3.8) is 0 Å². The molecule has 1 aromatic rings. The minimum absolute atomic E-state index is 0.00838. The minimum Gasteiger partial charge on any atom is -0.355 e. The first-order valence-electron chi connectivity index (χ1n) is 4.62. The molecule has 0 heterocycles. The number of methoxy groups -OCH3 is 2. The van der Waals surface area contributed by atoms with Crippen molar-refractivity contribution < 1.29 is 18.7 Å². The first-order chi connectivity index (χ1) is 7.58. The highest BCUT2D eigenvalue weighted by Crippen LogP contribution is 2.17. The van der Waals surface area contributed by atoms with Gasteiger partial charge in [-0.1, -0.05) is 15.9 Å². The van der Waals surface area contributed by atoms with Crippen LogP contribution in [0, 0.1) is 5.82 Å². The van der Waals surface area contributed by atoms with Crippen molar-refractivity contribution >= 4 is 21.7 Å². The van der Waals surface area contributed by atoms with E-state index in [0.717, 1.165) is 0 Å². The molecule has 0 radical (unpaired) electrons. The highest BCUT2D eigenvalue weighted by atomic mass is 79.9. The maximum absolute atomic E-state index is 13.4. The third-order valence-electron chi connectivity index (χ3n) is 2.11. The van der Waals surface area contributed by atoms with Gasteiger partial charge in [-0.15, -0.1) is 0 Å². The monoisotopic (exact) mass is 290 g/mol. The molecule has 0 aliphatic heterocycles. The van der Waals surface area contributed by atoms with Gasteiger partial charge in [-0.05, 0) is 18.2 Å². The summed E-state index contributed by atoms with van der Waals surface area (Å²) >= 11 is 3.12. The third-order valence-corrected chi connectivity index (χ3v) is 2.60. The smallest absolute Gasteiger partial charge is 0.170 e. The second kappa shape index (κ2) is 6.08. The van der Waals surface area contributed by atoms with E-state index in [1.165, 1.54) is 26.4 Å². The molecule has 0 saturated heterocycles. The Balaban J connectivity index is 2.80. The molecular weight excluding hydrogens is 279 g/mol. The van der Waals surface area contributed by atoms with Crippen molar-refractivity contribution in [2.24, 2.45) is 0 Å². The number of hydrogen-bond donors (Lipinski definition) is 0. The Labute approximate surface area is 102 Å². The predicted octanol–water partition coefficient (Wildman–Crippen LogP) is 2.78. The Morgan fingerprint density at radius 3 is 2.56 bits per heavy atom. The van der Waals surface area contributed by atoms with E-state index in [1.54, 1.807) is 6.07 Å². The zero-order valence-corrected chi connectivity index (χ0v) is 10.6. The van der Waals surface area contributed by atoms with Gasteiger partial charge in [0, 0.05) is 18.7 Å². The molecule has 0 amide bonds. The van der Waals surface area contributed by atoms with Crippen LogP contribution >= 0.6 is 15.9 Å². The number of Topliss-reactive ketones (excluding diaryl/α,β-unsaturated/α-hetero) is 1. The molecule has 0 aliphatic rings. The Hall–Kier alpha value is -0.780. The number of ketones is 1. The van der Waals surface area contributed by atoms with Crippen LogP contribution in [0.1, 0.15) is 16.8 Å². The number of ether oxygens (including phenoxy) is 2. The predicted molar refractivity (Wildman–Crippen MR) is 60.9 cm³/mol. The molecule has 0 aromatic heterocycles. The van der Waals surface area contributed by atoms with Gasteiger partial charge in [0.2, 0.25) is 0 Å². The third kappa shape index (κ3) is 3.37. The molecule has 0 atom stereocenters. The molecular formula is C11H12BrFO3. The number of carbonyl (C=O) groups is 1. The minimum atomic E-state index is -0.643. The van der Waals surface area contributed by atoms with Crippen molar-refractivity contribution in [2.45, 2.75) is 12.7 Å². The molecule has 5 heteroatoms. The standard InChI is InChI=1S/C11H12BrFO3/c1-15-11(16-2)6-10(14)8-4-3-7(12)5-9(8)13/h3-5,11H,6H2,1-2H3. The maximum atomic E-state index is 13.4. The lowest BCUT2D eigenvalue weighted by atomic mass is 10.1. The molecule has 0 aliphatic carbocycles. The van der Waals surface area contributed by atoms with Crippen LogP contribution in [0.25, 0.3) is 0 Å². The Bertz CT molecular complexity index is 377. The summed E-state index contributed by atoms with van der Waals surface area (Å²) < 4.78 is 23.8. The summed E-state index contributed by atoms with van der Waals surface area (Å²) in [7, 11) is 2.86. The lowest BCUT2D eigenvalue weighted by Gasteiger charge is -2.12. The van der Waals surface area contributed by atoms with Crippen molar-refractivity contribution in [3.8, 4) is 0 Å². The van der Waals surface area contributed by atoms with Gasteiger partial charge in [0.15, 0.2) is 12.1 Å². The number of halogens is 2. The summed E-state index contributed by atoms with van der Waals surface area (Å²) in [5, 5.41) is 0. The Morgan fingerprint density at radius 1 is 1.44 bits per heavy atom. The summed E-state index contributed by atoms with van der Waals surface area (Å²) in [5.41, 5.74) is 0.0438. The van der Waals surface area contributed by atoms with Gasteiger partial charge < -0.3 is 9.47 Å². The summed E-state index contributed by atoms with van der Waals surface area (Å²) in [4.78, 5) is 11.7. The van der Waals surface area contributed by atoms with E-state index < -0.39 is 12.1 Å². The molecule has 1 aromatic carbocycles. The van der Waals surface area contributed by atoms with E-state index in [9.17, 15) is 9.18 Å². The van der Waals surface area contributed by atoms with Crippen LogP contribution in [0.2, 0.25) is 0 Å². The molecule has 88 valence electrons. The molecule has 16 heavy (non-hydrogen) atoms. The van der Waals surface area contributed by atoms with Crippen LogP contribution < -0.4 is 0 Å².